The van der Waals surface area contributed by atoms with Gasteiger partial charge in [0.2, 0.25) is 0 Å². The Morgan fingerprint density at radius 2 is 2.28 bits per heavy atom. The lowest BCUT2D eigenvalue weighted by Crippen LogP contribution is -2.45. The molecule has 2 atom stereocenters. The number of nitrogens with zero attached hydrogens (tertiary/aromatic N) is 1. The Kier molecular flexibility index (Phi) is 3.14. The highest BCUT2D eigenvalue weighted by molar-refractivity contribution is 5.44. The lowest BCUT2D eigenvalue weighted by molar-refractivity contribution is 0.0367. The number of hydrogen-bond acceptors (Lipinski definition) is 4. The van der Waals surface area contributed by atoms with E-state index >= 15 is 0 Å². The van der Waals surface area contributed by atoms with Crippen molar-refractivity contribution in [2.24, 2.45) is 0 Å². The van der Waals surface area contributed by atoms with E-state index in [-0.39, 0.29) is 12.7 Å². The van der Waals surface area contributed by atoms with E-state index in [2.05, 4.69) is 11.9 Å². The molecule has 18 heavy (non-hydrogen) atoms. The number of benzene rings is 1. The van der Waals surface area contributed by atoms with Gasteiger partial charge in [0, 0.05) is 6.04 Å². The number of ether oxygens (including phenoxy) is 2. The highest BCUT2D eigenvalue weighted by Gasteiger charge is 2.34. The summed E-state index contributed by atoms with van der Waals surface area (Å²) in [6, 6.07) is 6.05. The highest BCUT2D eigenvalue weighted by atomic mass is 16.6. The number of hydrogen-bond donors (Lipinski definition) is 1. The van der Waals surface area contributed by atoms with Crippen LogP contribution >= 0.6 is 0 Å². The first-order chi connectivity index (χ1) is 8.78. The molecule has 0 amide bonds. The molecule has 1 saturated heterocycles. The molecule has 0 bridgehead atoms. The zero-order valence-electron chi connectivity index (χ0n) is 10.6. The van der Waals surface area contributed by atoms with Gasteiger partial charge in [-0.25, -0.2) is 0 Å². The van der Waals surface area contributed by atoms with Gasteiger partial charge in [-0.1, -0.05) is 6.07 Å². The van der Waals surface area contributed by atoms with Crippen LogP contribution in [-0.4, -0.2) is 42.4 Å². The topological polar surface area (TPSA) is 41.9 Å². The van der Waals surface area contributed by atoms with Gasteiger partial charge in [-0.15, -0.1) is 0 Å². The summed E-state index contributed by atoms with van der Waals surface area (Å²) < 4.78 is 11.8. The maximum absolute atomic E-state index is 9.15. The minimum absolute atomic E-state index is 0.0324. The standard InChI is InChI=1S/C14H19NO3/c1-15-6-2-3-11(15)14-9-17-12-5-4-10(8-16)7-13(12)18-14/h4-5,7,11,14,16H,2-3,6,8-9H2,1H3/t11-,14-/m0/s1. The van der Waals surface area contributed by atoms with E-state index in [0.717, 1.165) is 23.6 Å². The first-order valence-corrected chi connectivity index (χ1v) is 6.51. The van der Waals surface area contributed by atoms with Crippen LogP contribution in [0.4, 0.5) is 0 Å². The maximum atomic E-state index is 9.15. The van der Waals surface area contributed by atoms with Gasteiger partial charge < -0.3 is 14.6 Å². The van der Waals surface area contributed by atoms with Gasteiger partial charge in [0.05, 0.1) is 6.61 Å². The molecule has 2 aliphatic heterocycles. The van der Waals surface area contributed by atoms with Crippen LogP contribution in [0.25, 0.3) is 0 Å². The monoisotopic (exact) mass is 249 g/mol. The first kappa shape index (κ1) is 11.8. The fourth-order valence-corrected chi connectivity index (χ4v) is 2.83. The number of fused-ring (bicyclic) bond motifs is 1. The molecule has 3 rings (SSSR count). The highest BCUT2D eigenvalue weighted by Crippen LogP contribution is 2.35. The van der Waals surface area contributed by atoms with Gasteiger partial charge >= 0.3 is 0 Å². The predicted molar refractivity (Wildman–Crippen MR) is 67.9 cm³/mol. The molecule has 4 heteroatoms. The molecular formula is C14H19NO3. The average Bonchev–Trinajstić information content (AvgIpc) is 2.83. The summed E-state index contributed by atoms with van der Waals surface area (Å²) in [5, 5.41) is 9.15. The number of likely N-dealkylation sites (tertiary alicyclic amines) is 1. The van der Waals surface area contributed by atoms with E-state index in [9.17, 15) is 0 Å². The SMILES string of the molecule is CN1CCC[C@H]1[C@@H]1COc2ccc(CO)cc2O1. The minimum atomic E-state index is 0.0324. The van der Waals surface area contributed by atoms with Gasteiger partial charge in [-0.3, -0.25) is 4.90 Å². The second-order valence-corrected chi connectivity index (χ2v) is 5.10. The molecule has 98 valence electrons. The van der Waals surface area contributed by atoms with Crippen LogP contribution < -0.4 is 9.47 Å². The van der Waals surface area contributed by atoms with E-state index in [1.165, 1.54) is 12.8 Å². The third-order valence-electron chi connectivity index (χ3n) is 3.88. The van der Waals surface area contributed by atoms with Crippen molar-refractivity contribution in [3.63, 3.8) is 0 Å². The van der Waals surface area contributed by atoms with E-state index in [4.69, 9.17) is 14.6 Å². The van der Waals surface area contributed by atoms with Crippen molar-refractivity contribution in [2.75, 3.05) is 20.2 Å². The van der Waals surface area contributed by atoms with Crippen LogP contribution in [0.5, 0.6) is 11.5 Å². The molecule has 0 radical (unpaired) electrons. The fraction of sp³-hybridized carbons (Fsp3) is 0.571. The van der Waals surface area contributed by atoms with E-state index in [1.807, 2.05) is 18.2 Å². The van der Waals surface area contributed by atoms with Crippen molar-refractivity contribution >= 4 is 0 Å². The Morgan fingerprint density at radius 3 is 3.00 bits per heavy atom. The first-order valence-electron chi connectivity index (χ1n) is 6.51. The molecular weight excluding hydrogens is 230 g/mol. The van der Waals surface area contributed by atoms with Crippen LogP contribution in [0.2, 0.25) is 0 Å². The summed E-state index contributed by atoms with van der Waals surface area (Å²) in [4.78, 5) is 2.34. The van der Waals surface area contributed by atoms with Crippen LogP contribution in [0.15, 0.2) is 18.2 Å². The number of rotatable bonds is 2. The van der Waals surface area contributed by atoms with Gasteiger partial charge in [0.15, 0.2) is 11.5 Å². The Labute approximate surface area is 107 Å². The van der Waals surface area contributed by atoms with Crippen molar-refractivity contribution in [2.45, 2.75) is 31.6 Å². The molecule has 0 unspecified atom stereocenters. The molecule has 0 aromatic heterocycles. The van der Waals surface area contributed by atoms with Crippen molar-refractivity contribution in [1.82, 2.24) is 4.90 Å². The molecule has 0 saturated carbocycles. The second-order valence-electron chi connectivity index (χ2n) is 5.10. The lowest BCUT2D eigenvalue weighted by Gasteiger charge is -2.33. The van der Waals surface area contributed by atoms with Gasteiger partial charge in [-0.2, -0.15) is 0 Å². The van der Waals surface area contributed by atoms with Crippen molar-refractivity contribution < 1.29 is 14.6 Å². The molecule has 1 aromatic carbocycles. The summed E-state index contributed by atoms with van der Waals surface area (Å²) >= 11 is 0. The third-order valence-corrected chi connectivity index (χ3v) is 3.88. The molecule has 0 spiro atoms. The lowest BCUT2D eigenvalue weighted by atomic mass is 10.1. The Hall–Kier alpha value is -1.26. The molecule has 4 nitrogen and oxygen atoms in total. The summed E-state index contributed by atoms with van der Waals surface area (Å²) in [5.41, 5.74) is 0.859. The molecule has 1 fully saturated rings. The number of aliphatic hydroxyl groups is 1. The summed E-state index contributed by atoms with van der Waals surface area (Å²) in [5.74, 6) is 1.54. The average molecular weight is 249 g/mol. The Morgan fingerprint density at radius 1 is 1.39 bits per heavy atom. The van der Waals surface area contributed by atoms with E-state index in [1.54, 1.807) is 0 Å². The van der Waals surface area contributed by atoms with Crippen LogP contribution in [0, 0.1) is 0 Å². The molecule has 2 aliphatic rings. The summed E-state index contributed by atoms with van der Waals surface area (Å²) in [6.07, 6.45) is 2.49. The van der Waals surface area contributed by atoms with E-state index in [0.29, 0.717) is 12.6 Å². The minimum Gasteiger partial charge on any atom is -0.486 e. The molecule has 1 N–H and O–H groups in total. The predicted octanol–water partition coefficient (Wildman–Crippen LogP) is 1.41. The van der Waals surface area contributed by atoms with Crippen LogP contribution in [0.1, 0.15) is 18.4 Å². The summed E-state index contributed by atoms with van der Waals surface area (Å²) in [7, 11) is 2.14. The zero-order chi connectivity index (χ0) is 12.5. The molecule has 1 aromatic rings. The molecule has 2 heterocycles. The Balaban J connectivity index is 1.79. The van der Waals surface area contributed by atoms with Crippen molar-refractivity contribution in [3.05, 3.63) is 23.8 Å². The fourth-order valence-electron chi connectivity index (χ4n) is 2.83. The van der Waals surface area contributed by atoms with Crippen molar-refractivity contribution in [1.29, 1.82) is 0 Å². The third kappa shape index (κ3) is 2.06. The zero-order valence-corrected chi connectivity index (χ0v) is 10.6. The maximum Gasteiger partial charge on any atom is 0.162 e. The Bertz CT molecular complexity index is 435. The quantitative estimate of drug-likeness (QED) is 0.860. The van der Waals surface area contributed by atoms with E-state index < -0.39 is 0 Å². The normalized spacial score (nSPS) is 27.4. The second kappa shape index (κ2) is 4.78. The smallest absolute Gasteiger partial charge is 0.162 e. The summed E-state index contributed by atoms with van der Waals surface area (Å²) in [6.45, 7) is 1.78. The molecule has 0 aliphatic carbocycles. The van der Waals surface area contributed by atoms with Gasteiger partial charge in [-0.05, 0) is 44.1 Å². The van der Waals surface area contributed by atoms with Gasteiger partial charge in [0.1, 0.15) is 12.7 Å². The van der Waals surface area contributed by atoms with Crippen LogP contribution in [0.3, 0.4) is 0 Å². The largest absolute Gasteiger partial charge is 0.486 e. The number of likely N-dealkylation sites (N-methyl/N-ethyl adjacent to an activating group) is 1. The van der Waals surface area contributed by atoms with Crippen LogP contribution in [-0.2, 0) is 6.61 Å². The number of aliphatic hydroxyl groups excluding tert-OH is 1. The van der Waals surface area contributed by atoms with Crippen molar-refractivity contribution in [3.8, 4) is 11.5 Å². The van der Waals surface area contributed by atoms with Gasteiger partial charge in [0.25, 0.3) is 0 Å².